The summed E-state index contributed by atoms with van der Waals surface area (Å²) in [7, 11) is 1.28. The molecular formula is C17H12O4. The van der Waals surface area contributed by atoms with Gasteiger partial charge in [0.05, 0.1) is 18.2 Å². The second-order valence-corrected chi connectivity index (χ2v) is 4.67. The van der Waals surface area contributed by atoms with Gasteiger partial charge in [-0.05, 0) is 28.3 Å². The Labute approximate surface area is 120 Å². The van der Waals surface area contributed by atoms with Crippen molar-refractivity contribution in [2.24, 2.45) is 0 Å². The fourth-order valence-electron chi connectivity index (χ4n) is 2.62. The molecule has 3 rings (SSSR count). The van der Waals surface area contributed by atoms with Crippen molar-refractivity contribution < 1.29 is 19.4 Å². The van der Waals surface area contributed by atoms with Crippen LogP contribution in [0.3, 0.4) is 0 Å². The molecule has 0 radical (unpaired) electrons. The molecular weight excluding hydrogens is 268 g/mol. The number of carboxylic acids is 1. The largest absolute Gasteiger partial charge is 0.478 e. The average Bonchev–Trinajstić information content (AvgIpc) is 2.50. The monoisotopic (exact) mass is 280 g/mol. The Kier molecular flexibility index (Phi) is 3.06. The summed E-state index contributed by atoms with van der Waals surface area (Å²) in [4.78, 5) is 23.7. The number of carbonyl (C=O) groups excluding carboxylic acids is 1. The van der Waals surface area contributed by atoms with Crippen LogP contribution in [0, 0.1) is 0 Å². The van der Waals surface area contributed by atoms with E-state index in [4.69, 9.17) is 4.74 Å². The fourth-order valence-corrected chi connectivity index (χ4v) is 2.62. The van der Waals surface area contributed by atoms with Gasteiger partial charge in [0.1, 0.15) is 0 Å². The van der Waals surface area contributed by atoms with Gasteiger partial charge in [-0.1, -0.05) is 36.4 Å². The molecule has 0 saturated carbocycles. The molecule has 0 saturated heterocycles. The summed E-state index contributed by atoms with van der Waals surface area (Å²) in [5.74, 6) is -1.61. The normalized spacial score (nSPS) is 10.7. The highest BCUT2D eigenvalue weighted by Gasteiger charge is 2.19. The van der Waals surface area contributed by atoms with Crippen LogP contribution in [0.25, 0.3) is 21.5 Å². The van der Waals surface area contributed by atoms with Gasteiger partial charge in [0.25, 0.3) is 0 Å². The number of ether oxygens (including phenoxy) is 1. The maximum Gasteiger partial charge on any atom is 0.338 e. The van der Waals surface area contributed by atoms with Crippen molar-refractivity contribution in [3.8, 4) is 0 Å². The number of benzene rings is 3. The number of hydrogen-bond acceptors (Lipinski definition) is 3. The van der Waals surface area contributed by atoms with Crippen LogP contribution in [0.15, 0.2) is 48.5 Å². The van der Waals surface area contributed by atoms with Crippen molar-refractivity contribution >= 4 is 33.5 Å². The molecule has 4 heteroatoms. The first-order chi connectivity index (χ1) is 10.1. The summed E-state index contributed by atoms with van der Waals surface area (Å²) in [5, 5.41) is 12.2. The number of carbonyl (C=O) groups is 2. The minimum Gasteiger partial charge on any atom is -0.478 e. The lowest BCUT2D eigenvalue weighted by Gasteiger charge is -2.11. The Morgan fingerprint density at radius 1 is 1.00 bits per heavy atom. The second kappa shape index (κ2) is 4.90. The molecule has 0 bridgehead atoms. The quantitative estimate of drug-likeness (QED) is 0.576. The third kappa shape index (κ3) is 2.01. The molecule has 104 valence electrons. The third-order valence-electron chi connectivity index (χ3n) is 3.51. The van der Waals surface area contributed by atoms with Crippen LogP contribution in [-0.2, 0) is 4.74 Å². The smallest absolute Gasteiger partial charge is 0.338 e. The van der Waals surface area contributed by atoms with Crippen molar-refractivity contribution in [1.29, 1.82) is 0 Å². The Morgan fingerprint density at radius 2 is 1.71 bits per heavy atom. The topological polar surface area (TPSA) is 63.6 Å². The van der Waals surface area contributed by atoms with Gasteiger partial charge in [-0.2, -0.15) is 0 Å². The van der Waals surface area contributed by atoms with Crippen LogP contribution in [0.2, 0.25) is 0 Å². The number of fused-ring (bicyclic) bond motifs is 2. The zero-order valence-corrected chi connectivity index (χ0v) is 11.3. The van der Waals surface area contributed by atoms with Crippen LogP contribution >= 0.6 is 0 Å². The maximum absolute atomic E-state index is 11.9. The van der Waals surface area contributed by atoms with Gasteiger partial charge < -0.3 is 9.84 Å². The third-order valence-corrected chi connectivity index (χ3v) is 3.51. The Balaban J connectivity index is 2.57. The summed E-state index contributed by atoms with van der Waals surface area (Å²) in [6.07, 6.45) is 0. The van der Waals surface area contributed by atoms with Crippen molar-refractivity contribution in [2.75, 3.05) is 7.11 Å². The molecule has 0 aliphatic carbocycles. The number of esters is 1. The number of rotatable bonds is 2. The van der Waals surface area contributed by atoms with E-state index >= 15 is 0 Å². The molecule has 0 unspecified atom stereocenters. The molecule has 0 aliphatic rings. The van der Waals surface area contributed by atoms with Crippen LogP contribution in [-0.4, -0.2) is 24.2 Å². The van der Waals surface area contributed by atoms with Crippen molar-refractivity contribution in [1.82, 2.24) is 0 Å². The highest BCUT2D eigenvalue weighted by molar-refractivity contribution is 6.20. The van der Waals surface area contributed by atoms with Crippen molar-refractivity contribution in [3.05, 3.63) is 59.7 Å². The lowest BCUT2D eigenvalue weighted by Crippen LogP contribution is -2.07. The van der Waals surface area contributed by atoms with E-state index in [1.807, 2.05) is 18.2 Å². The molecule has 0 spiro atoms. The number of aromatic carboxylic acids is 1. The predicted molar refractivity (Wildman–Crippen MR) is 79.8 cm³/mol. The molecule has 3 aromatic rings. The SMILES string of the molecule is COC(=O)c1cccc2cc3ccccc3c(C(=O)O)c12. The summed E-state index contributed by atoms with van der Waals surface area (Å²) >= 11 is 0. The van der Waals surface area contributed by atoms with Gasteiger partial charge in [0.2, 0.25) is 0 Å². The lowest BCUT2D eigenvalue weighted by molar-refractivity contribution is 0.0603. The summed E-state index contributed by atoms with van der Waals surface area (Å²) in [6, 6.07) is 14.2. The van der Waals surface area contributed by atoms with Crippen LogP contribution in [0.5, 0.6) is 0 Å². The van der Waals surface area contributed by atoms with E-state index in [0.717, 1.165) is 5.39 Å². The minimum atomic E-state index is -1.06. The second-order valence-electron chi connectivity index (χ2n) is 4.67. The molecule has 3 aromatic carbocycles. The van der Waals surface area contributed by atoms with Gasteiger partial charge >= 0.3 is 11.9 Å². The Bertz CT molecular complexity index is 880. The first-order valence-corrected chi connectivity index (χ1v) is 6.39. The van der Waals surface area contributed by atoms with E-state index in [9.17, 15) is 14.7 Å². The highest BCUT2D eigenvalue weighted by Crippen LogP contribution is 2.31. The van der Waals surface area contributed by atoms with E-state index in [2.05, 4.69) is 0 Å². The highest BCUT2D eigenvalue weighted by atomic mass is 16.5. The molecule has 0 fully saturated rings. The van der Waals surface area contributed by atoms with E-state index < -0.39 is 11.9 Å². The first kappa shape index (κ1) is 13.1. The average molecular weight is 280 g/mol. The van der Waals surface area contributed by atoms with E-state index in [-0.39, 0.29) is 11.1 Å². The number of carboxylic acid groups (broad SMARTS) is 1. The summed E-state index contributed by atoms with van der Waals surface area (Å²) < 4.78 is 4.76. The minimum absolute atomic E-state index is 0.129. The molecule has 0 amide bonds. The zero-order chi connectivity index (χ0) is 15.0. The maximum atomic E-state index is 11.9. The van der Waals surface area contributed by atoms with Gasteiger partial charge in [0.15, 0.2) is 0 Å². The molecule has 4 nitrogen and oxygen atoms in total. The fraction of sp³-hybridized carbons (Fsp3) is 0.0588. The molecule has 1 N–H and O–H groups in total. The standard InChI is InChI=1S/C17H12O4/c1-21-17(20)13-8-4-6-11-9-10-5-2-3-7-12(10)15(14(11)13)16(18)19/h2-9H,1H3,(H,18,19). The van der Waals surface area contributed by atoms with Crippen molar-refractivity contribution in [2.45, 2.75) is 0 Å². The van der Waals surface area contributed by atoms with E-state index in [1.165, 1.54) is 7.11 Å². The molecule has 0 aliphatic heterocycles. The number of methoxy groups -OCH3 is 1. The summed E-state index contributed by atoms with van der Waals surface area (Å²) in [5.41, 5.74) is 0.391. The zero-order valence-electron chi connectivity index (χ0n) is 11.3. The Morgan fingerprint density at radius 3 is 2.43 bits per heavy atom. The van der Waals surface area contributed by atoms with Gasteiger partial charge in [-0.25, -0.2) is 9.59 Å². The van der Waals surface area contributed by atoms with E-state index in [0.29, 0.717) is 16.2 Å². The Hall–Kier alpha value is -2.88. The predicted octanol–water partition coefficient (Wildman–Crippen LogP) is 3.48. The van der Waals surface area contributed by atoms with Crippen molar-refractivity contribution in [3.63, 3.8) is 0 Å². The van der Waals surface area contributed by atoms with Crippen LogP contribution in [0.4, 0.5) is 0 Å². The lowest BCUT2D eigenvalue weighted by atomic mass is 9.93. The summed E-state index contributed by atoms with van der Waals surface area (Å²) in [6.45, 7) is 0. The van der Waals surface area contributed by atoms with Gasteiger partial charge in [0, 0.05) is 5.39 Å². The van der Waals surface area contributed by atoms with Crippen LogP contribution in [0.1, 0.15) is 20.7 Å². The van der Waals surface area contributed by atoms with E-state index in [1.54, 1.807) is 30.3 Å². The molecule has 0 aromatic heterocycles. The molecule has 0 heterocycles. The molecule has 0 atom stereocenters. The first-order valence-electron chi connectivity index (χ1n) is 6.39. The van der Waals surface area contributed by atoms with Gasteiger partial charge in [-0.15, -0.1) is 0 Å². The van der Waals surface area contributed by atoms with Gasteiger partial charge in [-0.3, -0.25) is 0 Å². The number of hydrogen-bond donors (Lipinski definition) is 1. The van der Waals surface area contributed by atoms with Crippen LogP contribution < -0.4 is 0 Å². The molecule has 21 heavy (non-hydrogen) atoms.